The average molecular weight is 593 g/mol. The van der Waals surface area contributed by atoms with Gasteiger partial charge in [-0.2, -0.15) is 0 Å². The van der Waals surface area contributed by atoms with E-state index in [1.807, 2.05) is 12.4 Å². The van der Waals surface area contributed by atoms with Gasteiger partial charge in [-0.15, -0.1) is 0 Å². The van der Waals surface area contributed by atoms with Gasteiger partial charge in [-0.25, -0.2) is 0 Å². The summed E-state index contributed by atoms with van der Waals surface area (Å²) < 4.78 is 0. The molecule has 6 nitrogen and oxygen atoms in total. The molecule has 0 bridgehead atoms. The van der Waals surface area contributed by atoms with E-state index in [0.29, 0.717) is 36.4 Å². The summed E-state index contributed by atoms with van der Waals surface area (Å²) in [6.45, 7) is 30.3. The van der Waals surface area contributed by atoms with Crippen LogP contribution in [0, 0.1) is 17.3 Å². The lowest BCUT2D eigenvalue weighted by molar-refractivity contribution is 0.317. The Morgan fingerprint density at radius 2 is 0.977 bits per heavy atom. The molecule has 0 saturated carbocycles. The van der Waals surface area contributed by atoms with Crippen molar-refractivity contribution >= 4 is 12.4 Å². The Morgan fingerprint density at radius 1 is 0.628 bits per heavy atom. The quantitative estimate of drug-likeness (QED) is 0.169. The molecule has 0 heterocycles. The van der Waals surface area contributed by atoms with Crippen molar-refractivity contribution in [2.24, 2.45) is 27.2 Å². The lowest BCUT2D eigenvalue weighted by atomic mass is 9.84. The van der Waals surface area contributed by atoms with E-state index in [1.165, 1.54) is 11.1 Å². The fourth-order valence-electron chi connectivity index (χ4n) is 4.63. The maximum Gasteiger partial charge on any atom is 0.128 e. The largest absolute Gasteiger partial charge is 0.507 e. The second-order valence-electron chi connectivity index (χ2n) is 15.8. The van der Waals surface area contributed by atoms with E-state index in [2.05, 4.69) is 128 Å². The van der Waals surface area contributed by atoms with E-state index in [0.717, 1.165) is 48.4 Å². The van der Waals surface area contributed by atoms with Gasteiger partial charge in [-0.1, -0.05) is 95.2 Å². The average Bonchev–Trinajstić information content (AvgIpc) is 2.85. The van der Waals surface area contributed by atoms with Crippen molar-refractivity contribution in [3.8, 4) is 11.5 Å². The van der Waals surface area contributed by atoms with Gasteiger partial charge in [0.1, 0.15) is 11.5 Å². The van der Waals surface area contributed by atoms with Crippen molar-refractivity contribution in [1.82, 2.24) is 10.6 Å². The summed E-state index contributed by atoms with van der Waals surface area (Å²) in [5, 5.41) is 29.3. The lowest BCUT2D eigenvalue weighted by Crippen LogP contribution is -2.37. The summed E-state index contributed by atoms with van der Waals surface area (Å²) in [4.78, 5) is 9.11. The fraction of sp³-hybridized carbons (Fsp3) is 0.622. The van der Waals surface area contributed by atoms with Crippen LogP contribution in [-0.2, 0) is 23.9 Å². The summed E-state index contributed by atoms with van der Waals surface area (Å²) in [5.41, 5.74) is 5.55. The molecule has 0 aromatic heterocycles. The van der Waals surface area contributed by atoms with E-state index in [1.54, 1.807) is 0 Å². The molecule has 6 heteroatoms. The molecule has 0 spiro atoms. The Labute approximate surface area is 262 Å². The van der Waals surface area contributed by atoms with Crippen molar-refractivity contribution in [3.63, 3.8) is 0 Å². The first-order valence-electron chi connectivity index (χ1n) is 15.9. The first-order valence-corrected chi connectivity index (χ1v) is 15.9. The van der Waals surface area contributed by atoms with E-state index in [-0.39, 0.29) is 16.2 Å². The molecule has 0 unspecified atom stereocenters. The summed E-state index contributed by atoms with van der Waals surface area (Å²) in [7, 11) is 0. The van der Waals surface area contributed by atoms with Crippen LogP contribution < -0.4 is 10.6 Å². The highest BCUT2D eigenvalue weighted by molar-refractivity contribution is 5.85. The molecule has 0 aliphatic heterocycles. The van der Waals surface area contributed by atoms with Crippen molar-refractivity contribution in [1.29, 1.82) is 0 Å². The molecular weight excluding hydrogens is 532 g/mol. The third-order valence-electron chi connectivity index (χ3n) is 7.41. The molecule has 4 N–H and O–H groups in total. The third kappa shape index (κ3) is 12.1. The number of rotatable bonds is 14. The van der Waals surface area contributed by atoms with Gasteiger partial charge in [-0.05, 0) is 51.3 Å². The van der Waals surface area contributed by atoms with E-state index >= 15 is 0 Å². The van der Waals surface area contributed by atoms with Crippen LogP contribution in [0.2, 0.25) is 0 Å². The Hall–Kier alpha value is -2.70. The Morgan fingerprint density at radius 3 is 1.28 bits per heavy atom. The number of hydrogen-bond donors (Lipinski definition) is 4. The highest BCUT2D eigenvalue weighted by atomic mass is 16.3. The van der Waals surface area contributed by atoms with Gasteiger partial charge in [0.05, 0.1) is 0 Å². The molecule has 240 valence electrons. The van der Waals surface area contributed by atoms with Crippen molar-refractivity contribution < 1.29 is 10.2 Å². The number of nitrogens with zero attached hydrogens (tertiary/aromatic N) is 2. The molecule has 0 radical (unpaired) electrons. The standard InChI is InChI=1S/C37H60N4O2/c1-25(2)17-38-19-27-13-31(35(5,6)7)15-29(33(27)42)21-40-23-37(11,12)24-41-22-30-16-32(36(8,9)10)14-28(34(30)43)20-39-18-26(3)4/h13-16,19-20,25-26,40-43H,17-18,21-24H2,1-12H3. The molecule has 43 heavy (non-hydrogen) atoms. The zero-order valence-corrected chi connectivity index (χ0v) is 29.2. The minimum Gasteiger partial charge on any atom is -0.507 e. The maximum absolute atomic E-state index is 11.1. The Balaban J connectivity index is 2.11. The minimum atomic E-state index is -0.0579. The van der Waals surface area contributed by atoms with Crippen LogP contribution in [0.3, 0.4) is 0 Å². The topological polar surface area (TPSA) is 89.2 Å². The molecule has 0 aliphatic carbocycles. The number of aliphatic imine (C=N–C) groups is 2. The van der Waals surface area contributed by atoms with Gasteiger partial charge in [-0.3, -0.25) is 9.98 Å². The number of phenols is 2. The van der Waals surface area contributed by atoms with Crippen LogP contribution in [-0.4, -0.2) is 48.8 Å². The van der Waals surface area contributed by atoms with Gasteiger partial charge in [0.15, 0.2) is 0 Å². The molecular formula is C37H60N4O2. The fourth-order valence-corrected chi connectivity index (χ4v) is 4.63. The molecule has 2 rings (SSSR count). The van der Waals surface area contributed by atoms with Gasteiger partial charge in [0.25, 0.3) is 0 Å². The van der Waals surface area contributed by atoms with Gasteiger partial charge >= 0.3 is 0 Å². The summed E-state index contributed by atoms with van der Waals surface area (Å²) in [6.07, 6.45) is 3.63. The summed E-state index contributed by atoms with van der Waals surface area (Å²) >= 11 is 0. The number of nitrogens with one attached hydrogen (secondary N) is 2. The second kappa shape index (κ2) is 15.3. The molecule has 2 aromatic rings. The molecule has 0 aliphatic rings. The van der Waals surface area contributed by atoms with Crippen molar-refractivity contribution in [3.05, 3.63) is 57.6 Å². The SMILES string of the molecule is CC(C)CN=Cc1cc(C(C)(C)C)cc(CNCC(C)(C)CNCc2cc(C(C)(C)C)cc(C=NCC(C)C)c2O)c1O. The first-order chi connectivity index (χ1) is 19.8. The zero-order valence-electron chi connectivity index (χ0n) is 29.2. The molecule has 0 atom stereocenters. The Bertz CT molecular complexity index is 1150. The van der Waals surface area contributed by atoms with Crippen LogP contribution >= 0.6 is 0 Å². The first kappa shape index (κ1) is 36.5. The molecule has 0 saturated heterocycles. The van der Waals surface area contributed by atoms with Crippen LogP contribution in [0.25, 0.3) is 0 Å². The zero-order chi connectivity index (χ0) is 32.6. The normalized spacial score (nSPS) is 13.3. The van der Waals surface area contributed by atoms with Crippen LogP contribution in [0.4, 0.5) is 0 Å². The monoisotopic (exact) mass is 592 g/mol. The van der Waals surface area contributed by atoms with E-state index < -0.39 is 0 Å². The molecule has 0 fully saturated rings. The highest BCUT2D eigenvalue weighted by Crippen LogP contribution is 2.32. The highest BCUT2D eigenvalue weighted by Gasteiger charge is 2.22. The summed E-state index contributed by atoms with van der Waals surface area (Å²) in [6, 6.07) is 8.34. The van der Waals surface area contributed by atoms with Crippen molar-refractivity contribution in [2.75, 3.05) is 26.2 Å². The smallest absolute Gasteiger partial charge is 0.128 e. The third-order valence-corrected chi connectivity index (χ3v) is 7.41. The predicted molar refractivity (Wildman–Crippen MR) is 185 cm³/mol. The second-order valence-corrected chi connectivity index (χ2v) is 15.8. The van der Waals surface area contributed by atoms with E-state index in [9.17, 15) is 10.2 Å². The number of hydrogen-bond acceptors (Lipinski definition) is 6. The number of benzene rings is 2. The van der Waals surface area contributed by atoms with Gasteiger partial charge < -0.3 is 20.8 Å². The van der Waals surface area contributed by atoms with Crippen LogP contribution in [0.1, 0.15) is 116 Å². The van der Waals surface area contributed by atoms with Gasteiger partial charge in [0, 0.05) is 74.0 Å². The molecule has 2 aromatic carbocycles. The number of phenolic OH excluding ortho intramolecular Hbond substituents is 2. The molecule has 0 amide bonds. The lowest BCUT2D eigenvalue weighted by Gasteiger charge is -2.27. The van der Waals surface area contributed by atoms with Crippen LogP contribution in [0.5, 0.6) is 11.5 Å². The van der Waals surface area contributed by atoms with E-state index in [4.69, 9.17) is 0 Å². The predicted octanol–water partition coefficient (Wildman–Crippen LogP) is 7.75. The minimum absolute atomic E-state index is 0.0394. The Kier molecular flexibility index (Phi) is 13.0. The maximum atomic E-state index is 11.1. The number of aromatic hydroxyl groups is 2. The van der Waals surface area contributed by atoms with Crippen molar-refractivity contribution in [2.45, 2.75) is 107 Å². The van der Waals surface area contributed by atoms with Crippen LogP contribution in [0.15, 0.2) is 34.3 Å². The van der Waals surface area contributed by atoms with Gasteiger partial charge in [0.2, 0.25) is 0 Å². The summed E-state index contributed by atoms with van der Waals surface area (Å²) in [5.74, 6) is 1.54.